The highest BCUT2D eigenvalue weighted by atomic mass is 16.6. The summed E-state index contributed by atoms with van der Waals surface area (Å²) in [5, 5.41) is 2.48. The van der Waals surface area contributed by atoms with Gasteiger partial charge in [0.2, 0.25) is 0 Å². The quantitative estimate of drug-likeness (QED) is 0.824. The molecular weight excluding hydrogens is 320 g/mol. The maximum atomic E-state index is 12.0. The molecule has 0 aliphatic carbocycles. The average Bonchev–Trinajstić information content (AvgIpc) is 2.91. The summed E-state index contributed by atoms with van der Waals surface area (Å²) in [6.07, 6.45) is 2.57. The Labute approximate surface area is 147 Å². The molecule has 136 valence electrons. The Morgan fingerprint density at radius 2 is 2.04 bits per heavy atom. The maximum Gasteiger partial charge on any atom is 0.408 e. The standard InChI is InChI=1S/C19H26N2O4/c1-5-6-7-17-21-15-9-8-13(11-16(15)24-17)10-14(22)12-20-18(23)25-19(2,3)4/h8-9,11H,5-7,10,12H2,1-4H3,(H,20,23). The number of rotatable bonds is 7. The molecular formula is C19H26N2O4. The number of carbonyl (C=O) groups excluding carboxylic acids is 2. The van der Waals surface area contributed by atoms with Gasteiger partial charge in [0, 0.05) is 12.8 Å². The van der Waals surface area contributed by atoms with Crippen LogP contribution in [0.5, 0.6) is 0 Å². The van der Waals surface area contributed by atoms with Crippen LogP contribution in [0.2, 0.25) is 0 Å². The number of hydrogen-bond acceptors (Lipinski definition) is 5. The van der Waals surface area contributed by atoms with E-state index in [4.69, 9.17) is 9.15 Å². The van der Waals surface area contributed by atoms with Crippen LogP contribution in [0, 0.1) is 0 Å². The van der Waals surface area contributed by atoms with E-state index in [-0.39, 0.29) is 18.7 Å². The van der Waals surface area contributed by atoms with E-state index in [1.807, 2.05) is 18.2 Å². The normalized spacial score (nSPS) is 11.5. The number of unbranched alkanes of at least 4 members (excludes halogenated alkanes) is 1. The van der Waals surface area contributed by atoms with Crippen LogP contribution in [0.15, 0.2) is 22.6 Å². The summed E-state index contributed by atoms with van der Waals surface area (Å²) in [6, 6.07) is 5.56. The van der Waals surface area contributed by atoms with Gasteiger partial charge in [-0.1, -0.05) is 19.4 Å². The van der Waals surface area contributed by atoms with Crippen LogP contribution >= 0.6 is 0 Å². The largest absolute Gasteiger partial charge is 0.444 e. The lowest BCUT2D eigenvalue weighted by Gasteiger charge is -2.19. The summed E-state index contributed by atoms with van der Waals surface area (Å²) in [4.78, 5) is 28.1. The molecule has 1 aromatic heterocycles. The van der Waals surface area contributed by atoms with Gasteiger partial charge in [0.05, 0.1) is 6.54 Å². The molecule has 0 unspecified atom stereocenters. The fraction of sp³-hybridized carbons (Fsp3) is 0.526. The zero-order valence-corrected chi connectivity index (χ0v) is 15.3. The first kappa shape index (κ1) is 19.0. The van der Waals surface area contributed by atoms with Gasteiger partial charge in [0.15, 0.2) is 17.3 Å². The number of ketones is 1. The summed E-state index contributed by atoms with van der Waals surface area (Å²) >= 11 is 0. The van der Waals surface area contributed by atoms with E-state index >= 15 is 0 Å². The molecule has 1 amide bonds. The third-order valence-electron chi connectivity index (χ3n) is 3.47. The minimum absolute atomic E-state index is 0.0644. The summed E-state index contributed by atoms with van der Waals surface area (Å²) in [7, 11) is 0. The van der Waals surface area contributed by atoms with E-state index in [0.29, 0.717) is 5.58 Å². The van der Waals surface area contributed by atoms with Gasteiger partial charge in [-0.05, 0) is 44.9 Å². The second-order valence-corrected chi connectivity index (χ2v) is 7.08. The molecule has 0 saturated heterocycles. The SMILES string of the molecule is CCCCc1nc2ccc(CC(=O)CNC(=O)OC(C)(C)C)cc2o1. The summed E-state index contributed by atoms with van der Waals surface area (Å²) in [6.45, 7) is 7.38. The smallest absolute Gasteiger partial charge is 0.408 e. The predicted molar refractivity (Wildman–Crippen MR) is 95.6 cm³/mol. The Morgan fingerprint density at radius 3 is 2.72 bits per heavy atom. The molecule has 6 nitrogen and oxygen atoms in total. The van der Waals surface area contributed by atoms with E-state index in [9.17, 15) is 9.59 Å². The molecule has 0 aliphatic rings. The van der Waals surface area contributed by atoms with Gasteiger partial charge >= 0.3 is 6.09 Å². The average molecular weight is 346 g/mol. The number of benzene rings is 1. The second kappa shape index (κ2) is 8.14. The van der Waals surface area contributed by atoms with Gasteiger partial charge in [0.1, 0.15) is 11.1 Å². The van der Waals surface area contributed by atoms with Gasteiger partial charge in [-0.2, -0.15) is 0 Å². The Bertz CT molecular complexity index is 743. The fourth-order valence-corrected chi connectivity index (χ4v) is 2.34. The first-order valence-corrected chi connectivity index (χ1v) is 8.63. The molecule has 1 N–H and O–H groups in total. The highest BCUT2D eigenvalue weighted by Crippen LogP contribution is 2.19. The Morgan fingerprint density at radius 1 is 1.28 bits per heavy atom. The molecule has 2 rings (SSSR count). The summed E-state index contributed by atoms with van der Waals surface area (Å²) in [5.41, 5.74) is 1.74. The highest BCUT2D eigenvalue weighted by Gasteiger charge is 2.17. The number of nitrogens with one attached hydrogen (secondary N) is 1. The van der Waals surface area contributed by atoms with Gasteiger partial charge in [0.25, 0.3) is 0 Å². The lowest BCUT2D eigenvalue weighted by atomic mass is 10.1. The van der Waals surface area contributed by atoms with Crippen molar-refractivity contribution in [1.82, 2.24) is 10.3 Å². The molecule has 1 aromatic carbocycles. The summed E-state index contributed by atoms with van der Waals surface area (Å²) in [5.74, 6) is 0.628. The molecule has 0 atom stereocenters. The molecule has 0 fully saturated rings. The summed E-state index contributed by atoms with van der Waals surface area (Å²) < 4.78 is 10.8. The van der Waals surface area contributed by atoms with Gasteiger partial charge in [-0.15, -0.1) is 0 Å². The van der Waals surface area contributed by atoms with Gasteiger partial charge in [-0.3, -0.25) is 4.79 Å². The highest BCUT2D eigenvalue weighted by molar-refractivity contribution is 5.86. The topological polar surface area (TPSA) is 81.4 Å². The molecule has 1 heterocycles. The Hall–Kier alpha value is -2.37. The van der Waals surface area contributed by atoms with E-state index in [2.05, 4.69) is 17.2 Å². The maximum absolute atomic E-state index is 12.0. The molecule has 6 heteroatoms. The van der Waals surface area contributed by atoms with Crippen molar-refractivity contribution in [2.45, 2.75) is 59.0 Å². The minimum atomic E-state index is -0.591. The van der Waals surface area contributed by atoms with Crippen molar-refractivity contribution in [3.63, 3.8) is 0 Å². The monoisotopic (exact) mass is 346 g/mol. The lowest BCUT2D eigenvalue weighted by molar-refractivity contribution is -0.117. The van der Waals surface area contributed by atoms with Crippen LogP contribution in [-0.2, 0) is 22.4 Å². The molecule has 0 saturated carbocycles. The van der Waals surface area contributed by atoms with Crippen LogP contribution in [0.3, 0.4) is 0 Å². The van der Waals surface area contributed by atoms with Crippen LogP contribution in [-0.4, -0.2) is 29.0 Å². The zero-order chi connectivity index (χ0) is 18.4. The van der Waals surface area contributed by atoms with Crippen molar-refractivity contribution in [3.8, 4) is 0 Å². The first-order valence-electron chi connectivity index (χ1n) is 8.63. The van der Waals surface area contributed by atoms with Crippen LogP contribution in [0.4, 0.5) is 4.79 Å². The van der Waals surface area contributed by atoms with E-state index < -0.39 is 11.7 Å². The van der Waals surface area contributed by atoms with Crippen molar-refractivity contribution in [2.75, 3.05) is 6.54 Å². The molecule has 0 radical (unpaired) electrons. The Balaban J connectivity index is 1.91. The second-order valence-electron chi connectivity index (χ2n) is 7.08. The zero-order valence-electron chi connectivity index (χ0n) is 15.3. The van der Waals surface area contributed by atoms with E-state index in [1.165, 1.54) is 0 Å². The Kier molecular flexibility index (Phi) is 6.17. The minimum Gasteiger partial charge on any atom is -0.444 e. The number of carbonyl (C=O) groups is 2. The number of oxazole rings is 1. The number of Topliss-reactive ketones (excluding diaryl/α,β-unsaturated/α-hetero) is 1. The molecule has 0 aliphatic heterocycles. The number of alkyl carbamates (subject to hydrolysis) is 1. The van der Waals surface area contributed by atoms with Crippen molar-refractivity contribution < 1.29 is 18.7 Å². The number of hydrogen-bond donors (Lipinski definition) is 1. The van der Waals surface area contributed by atoms with E-state index in [1.54, 1.807) is 20.8 Å². The van der Waals surface area contributed by atoms with Gasteiger partial charge in [-0.25, -0.2) is 9.78 Å². The van der Waals surface area contributed by atoms with Crippen LogP contribution in [0.1, 0.15) is 52.0 Å². The number of fused-ring (bicyclic) bond motifs is 1. The lowest BCUT2D eigenvalue weighted by Crippen LogP contribution is -2.35. The fourth-order valence-electron chi connectivity index (χ4n) is 2.34. The van der Waals surface area contributed by atoms with Crippen molar-refractivity contribution >= 4 is 23.0 Å². The molecule has 0 spiro atoms. The van der Waals surface area contributed by atoms with Crippen molar-refractivity contribution in [3.05, 3.63) is 29.7 Å². The predicted octanol–water partition coefficient (Wildman–Crippen LogP) is 3.81. The number of aromatic nitrogens is 1. The van der Waals surface area contributed by atoms with Gasteiger partial charge < -0.3 is 14.5 Å². The number of nitrogens with zero attached hydrogens (tertiary/aromatic N) is 1. The molecule has 2 aromatic rings. The van der Waals surface area contributed by atoms with Crippen molar-refractivity contribution in [1.29, 1.82) is 0 Å². The first-order chi connectivity index (χ1) is 11.8. The number of amides is 1. The molecule has 0 bridgehead atoms. The van der Waals surface area contributed by atoms with Crippen molar-refractivity contribution in [2.24, 2.45) is 0 Å². The molecule has 25 heavy (non-hydrogen) atoms. The number of ether oxygens (including phenoxy) is 1. The third-order valence-corrected chi connectivity index (χ3v) is 3.47. The number of aryl methyl sites for hydroxylation is 1. The van der Waals surface area contributed by atoms with Crippen LogP contribution in [0.25, 0.3) is 11.1 Å². The third kappa shape index (κ3) is 6.21. The van der Waals surface area contributed by atoms with Crippen LogP contribution < -0.4 is 5.32 Å². The van der Waals surface area contributed by atoms with E-state index in [0.717, 1.165) is 36.2 Å².